The lowest BCUT2D eigenvalue weighted by atomic mass is 10.1. The van der Waals surface area contributed by atoms with Crippen molar-refractivity contribution in [1.82, 2.24) is 10.5 Å². The summed E-state index contributed by atoms with van der Waals surface area (Å²) in [5.41, 5.74) is 2.66. The van der Waals surface area contributed by atoms with Crippen molar-refractivity contribution in [2.24, 2.45) is 0 Å². The van der Waals surface area contributed by atoms with E-state index >= 15 is 0 Å². The van der Waals surface area contributed by atoms with E-state index in [2.05, 4.69) is 10.5 Å². The molecule has 23 heavy (non-hydrogen) atoms. The normalized spacial score (nSPS) is 12.3. The minimum atomic E-state index is -0.0731. The standard InChI is InChI=1S/C18H24N2O3/c1-11(2)22-16-8-6-15(7-9-16)12(3)19-18(21)10-17-13(4)20-23-14(17)5/h6-9,11-12H,10H2,1-5H3,(H,19,21). The fraction of sp³-hybridized carbons (Fsp3) is 0.444. The molecule has 1 unspecified atom stereocenters. The lowest BCUT2D eigenvalue weighted by molar-refractivity contribution is -0.121. The predicted octanol–water partition coefficient (Wildman–Crippen LogP) is 3.50. The van der Waals surface area contributed by atoms with Gasteiger partial charge in [0.1, 0.15) is 11.5 Å². The Labute approximate surface area is 137 Å². The number of hydrogen-bond donors (Lipinski definition) is 1. The van der Waals surface area contributed by atoms with Crippen molar-refractivity contribution in [3.8, 4) is 5.75 Å². The number of benzene rings is 1. The molecule has 2 aromatic rings. The van der Waals surface area contributed by atoms with E-state index in [1.165, 1.54) is 0 Å². The molecule has 5 heteroatoms. The molecule has 1 aromatic heterocycles. The zero-order valence-electron chi connectivity index (χ0n) is 14.3. The van der Waals surface area contributed by atoms with Crippen LogP contribution in [0.1, 0.15) is 49.4 Å². The molecule has 0 fully saturated rings. The van der Waals surface area contributed by atoms with Crippen LogP contribution in [0, 0.1) is 13.8 Å². The van der Waals surface area contributed by atoms with Crippen LogP contribution in [0.3, 0.4) is 0 Å². The smallest absolute Gasteiger partial charge is 0.225 e. The van der Waals surface area contributed by atoms with Gasteiger partial charge in [0.05, 0.1) is 24.3 Å². The van der Waals surface area contributed by atoms with Gasteiger partial charge in [0.25, 0.3) is 0 Å². The van der Waals surface area contributed by atoms with Crippen LogP contribution < -0.4 is 10.1 Å². The van der Waals surface area contributed by atoms with Gasteiger partial charge in [-0.2, -0.15) is 0 Å². The van der Waals surface area contributed by atoms with Gasteiger partial charge in [-0.1, -0.05) is 17.3 Å². The van der Waals surface area contributed by atoms with Crippen LogP contribution in [0.25, 0.3) is 0 Å². The summed E-state index contributed by atoms with van der Waals surface area (Å²) in [5.74, 6) is 1.48. The Morgan fingerprint density at radius 3 is 2.39 bits per heavy atom. The topological polar surface area (TPSA) is 64.4 Å². The fourth-order valence-corrected chi connectivity index (χ4v) is 2.40. The summed E-state index contributed by atoms with van der Waals surface area (Å²) in [5, 5.41) is 6.87. The second-order valence-electron chi connectivity index (χ2n) is 6.00. The molecule has 124 valence electrons. The number of aromatic nitrogens is 1. The molecule has 1 amide bonds. The van der Waals surface area contributed by atoms with Crippen molar-refractivity contribution in [3.63, 3.8) is 0 Å². The van der Waals surface area contributed by atoms with E-state index in [4.69, 9.17) is 9.26 Å². The highest BCUT2D eigenvalue weighted by molar-refractivity contribution is 5.79. The number of amides is 1. The van der Waals surface area contributed by atoms with Crippen molar-refractivity contribution < 1.29 is 14.1 Å². The summed E-state index contributed by atoms with van der Waals surface area (Å²) >= 11 is 0. The van der Waals surface area contributed by atoms with E-state index in [0.29, 0.717) is 5.76 Å². The summed E-state index contributed by atoms with van der Waals surface area (Å²) < 4.78 is 10.7. The summed E-state index contributed by atoms with van der Waals surface area (Å²) in [6.45, 7) is 9.61. The van der Waals surface area contributed by atoms with Gasteiger partial charge in [0.2, 0.25) is 5.91 Å². The highest BCUT2D eigenvalue weighted by Gasteiger charge is 2.15. The number of hydrogen-bond acceptors (Lipinski definition) is 4. The largest absolute Gasteiger partial charge is 0.491 e. The number of carbonyl (C=O) groups is 1. The summed E-state index contributed by atoms with van der Waals surface area (Å²) in [4.78, 5) is 12.2. The molecule has 0 saturated heterocycles. The quantitative estimate of drug-likeness (QED) is 0.886. The van der Waals surface area contributed by atoms with Crippen molar-refractivity contribution in [2.75, 3.05) is 0 Å². The maximum absolute atomic E-state index is 12.2. The maximum Gasteiger partial charge on any atom is 0.225 e. The molecule has 1 heterocycles. The Morgan fingerprint density at radius 2 is 1.87 bits per heavy atom. The Kier molecular flexibility index (Phi) is 5.42. The van der Waals surface area contributed by atoms with Gasteiger partial charge in [0, 0.05) is 5.56 Å². The van der Waals surface area contributed by atoms with Gasteiger partial charge >= 0.3 is 0 Å². The van der Waals surface area contributed by atoms with Crippen LogP contribution in [0.4, 0.5) is 0 Å². The van der Waals surface area contributed by atoms with E-state index in [0.717, 1.165) is 22.6 Å². The van der Waals surface area contributed by atoms with Crippen LogP contribution in [0.5, 0.6) is 5.75 Å². The second kappa shape index (κ2) is 7.31. The predicted molar refractivity (Wildman–Crippen MR) is 88.4 cm³/mol. The van der Waals surface area contributed by atoms with E-state index in [-0.39, 0.29) is 24.5 Å². The number of carbonyl (C=O) groups excluding carboxylic acids is 1. The fourth-order valence-electron chi connectivity index (χ4n) is 2.40. The van der Waals surface area contributed by atoms with Crippen LogP contribution in [-0.4, -0.2) is 17.2 Å². The lowest BCUT2D eigenvalue weighted by Crippen LogP contribution is -2.28. The molecule has 0 spiro atoms. The van der Waals surface area contributed by atoms with Crippen molar-refractivity contribution in [1.29, 1.82) is 0 Å². The summed E-state index contributed by atoms with van der Waals surface area (Å²) in [7, 11) is 0. The zero-order chi connectivity index (χ0) is 17.0. The number of nitrogens with zero attached hydrogens (tertiary/aromatic N) is 1. The third kappa shape index (κ3) is 4.58. The van der Waals surface area contributed by atoms with Crippen LogP contribution in [-0.2, 0) is 11.2 Å². The molecule has 1 atom stereocenters. The van der Waals surface area contributed by atoms with E-state index < -0.39 is 0 Å². The first kappa shape index (κ1) is 17.1. The summed E-state index contributed by atoms with van der Waals surface area (Å²) in [6.07, 6.45) is 0.424. The Hall–Kier alpha value is -2.30. The number of ether oxygens (including phenoxy) is 1. The molecule has 2 rings (SSSR count). The van der Waals surface area contributed by atoms with Gasteiger partial charge < -0.3 is 14.6 Å². The van der Waals surface area contributed by atoms with Gasteiger partial charge in [-0.15, -0.1) is 0 Å². The first-order valence-electron chi connectivity index (χ1n) is 7.84. The van der Waals surface area contributed by atoms with Gasteiger partial charge in [-0.05, 0) is 52.3 Å². The molecule has 0 radical (unpaired) electrons. The van der Waals surface area contributed by atoms with Gasteiger partial charge in [-0.25, -0.2) is 0 Å². The Balaban J connectivity index is 1.95. The molecular weight excluding hydrogens is 292 g/mol. The molecule has 0 saturated carbocycles. The van der Waals surface area contributed by atoms with Crippen LogP contribution in [0.15, 0.2) is 28.8 Å². The molecule has 0 aliphatic carbocycles. The molecule has 5 nitrogen and oxygen atoms in total. The van der Waals surface area contributed by atoms with Gasteiger partial charge in [-0.3, -0.25) is 4.79 Å². The first-order chi connectivity index (χ1) is 10.9. The van der Waals surface area contributed by atoms with E-state index in [1.807, 2.05) is 58.9 Å². The molecule has 0 bridgehead atoms. The average Bonchev–Trinajstić information content (AvgIpc) is 2.79. The average molecular weight is 316 g/mol. The van der Waals surface area contributed by atoms with Crippen LogP contribution in [0.2, 0.25) is 0 Å². The SMILES string of the molecule is Cc1noc(C)c1CC(=O)NC(C)c1ccc(OC(C)C)cc1. The molecule has 1 aromatic carbocycles. The van der Waals surface area contributed by atoms with E-state index in [1.54, 1.807) is 0 Å². The van der Waals surface area contributed by atoms with Crippen molar-refractivity contribution in [2.45, 2.75) is 53.2 Å². The maximum atomic E-state index is 12.2. The lowest BCUT2D eigenvalue weighted by Gasteiger charge is -2.16. The van der Waals surface area contributed by atoms with Crippen molar-refractivity contribution >= 4 is 5.91 Å². The monoisotopic (exact) mass is 316 g/mol. The molecular formula is C18H24N2O3. The second-order valence-corrected chi connectivity index (χ2v) is 6.00. The van der Waals surface area contributed by atoms with E-state index in [9.17, 15) is 4.79 Å². The van der Waals surface area contributed by atoms with Crippen LogP contribution >= 0.6 is 0 Å². The summed E-state index contributed by atoms with van der Waals surface area (Å²) in [6, 6.07) is 7.71. The number of nitrogens with one attached hydrogen (secondary N) is 1. The highest BCUT2D eigenvalue weighted by Crippen LogP contribution is 2.19. The highest BCUT2D eigenvalue weighted by atomic mass is 16.5. The Morgan fingerprint density at radius 1 is 1.22 bits per heavy atom. The minimum Gasteiger partial charge on any atom is -0.491 e. The number of rotatable bonds is 6. The first-order valence-corrected chi connectivity index (χ1v) is 7.84. The molecule has 0 aliphatic heterocycles. The van der Waals surface area contributed by atoms with Gasteiger partial charge in [0.15, 0.2) is 0 Å². The Bertz CT molecular complexity index is 640. The molecule has 0 aliphatic rings. The number of aryl methyl sites for hydroxylation is 2. The minimum absolute atomic E-state index is 0.0468. The third-order valence-electron chi connectivity index (χ3n) is 3.65. The van der Waals surface area contributed by atoms with Crippen molar-refractivity contribution in [3.05, 3.63) is 46.8 Å². The molecule has 1 N–H and O–H groups in total. The zero-order valence-corrected chi connectivity index (χ0v) is 14.3. The third-order valence-corrected chi connectivity index (χ3v) is 3.65.